The molecule has 2 aromatic carbocycles. The molecule has 35 heavy (non-hydrogen) atoms. The molecule has 4 atom stereocenters. The van der Waals surface area contributed by atoms with Gasteiger partial charge < -0.3 is 28.4 Å². The van der Waals surface area contributed by atoms with Crippen LogP contribution in [0.5, 0.6) is 28.7 Å². The van der Waals surface area contributed by atoms with Crippen LogP contribution in [-0.4, -0.2) is 55.7 Å². The van der Waals surface area contributed by atoms with Crippen LogP contribution in [0.1, 0.15) is 34.3 Å². The molecule has 10 heteroatoms. The topological polar surface area (TPSA) is 103 Å². The number of ether oxygens (including phenoxy) is 6. The fourth-order valence-electron chi connectivity index (χ4n) is 5.70. The van der Waals surface area contributed by atoms with Crippen molar-refractivity contribution in [3.63, 3.8) is 0 Å². The van der Waals surface area contributed by atoms with Crippen LogP contribution in [0.2, 0.25) is 0 Å². The highest BCUT2D eigenvalue weighted by molar-refractivity contribution is 5.79. The third-order valence-corrected chi connectivity index (χ3v) is 7.21. The molecular weight excluding hydrogens is 454 g/mol. The van der Waals surface area contributed by atoms with Crippen molar-refractivity contribution in [2.45, 2.75) is 18.9 Å². The maximum atomic E-state index is 13.3. The van der Waals surface area contributed by atoms with Crippen LogP contribution < -0.4 is 23.7 Å². The Morgan fingerprint density at radius 2 is 1.63 bits per heavy atom. The van der Waals surface area contributed by atoms with E-state index >= 15 is 0 Å². The van der Waals surface area contributed by atoms with E-state index in [0.717, 1.165) is 22.4 Å². The number of methoxy groups -OCH3 is 3. The Labute approximate surface area is 201 Å². The van der Waals surface area contributed by atoms with Crippen molar-refractivity contribution < 1.29 is 33.2 Å². The van der Waals surface area contributed by atoms with Crippen LogP contribution in [0, 0.1) is 18.8 Å². The maximum Gasteiger partial charge on any atom is 0.310 e. The number of rotatable bonds is 5. The second-order valence-electron chi connectivity index (χ2n) is 8.86. The summed E-state index contributed by atoms with van der Waals surface area (Å²) in [7, 11) is 4.71. The molecule has 1 saturated heterocycles. The van der Waals surface area contributed by atoms with E-state index in [2.05, 4.69) is 10.3 Å². The maximum absolute atomic E-state index is 13.3. The number of carbonyl (C=O) groups excluding carboxylic acids is 1. The zero-order chi connectivity index (χ0) is 24.3. The quantitative estimate of drug-likeness (QED) is 0.511. The molecular formula is C25H25N3O7. The van der Waals surface area contributed by atoms with Gasteiger partial charge in [0.1, 0.15) is 0 Å². The van der Waals surface area contributed by atoms with Crippen molar-refractivity contribution in [2.24, 2.45) is 11.8 Å². The largest absolute Gasteiger partial charge is 0.493 e. The number of esters is 1. The predicted molar refractivity (Wildman–Crippen MR) is 121 cm³/mol. The van der Waals surface area contributed by atoms with E-state index in [1.165, 1.54) is 0 Å². The van der Waals surface area contributed by atoms with Crippen molar-refractivity contribution in [3.05, 3.63) is 52.8 Å². The van der Waals surface area contributed by atoms with Crippen LogP contribution in [-0.2, 0) is 9.53 Å². The van der Waals surface area contributed by atoms with Gasteiger partial charge >= 0.3 is 5.97 Å². The summed E-state index contributed by atoms with van der Waals surface area (Å²) < 4.78 is 35.7. The van der Waals surface area contributed by atoms with Crippen LogP contribution in [0.25, 0.3) is 0 Å². The smallest absolute Gasteiger partial charge is 0.310 e. The summed E-state index contributed by atoms with van der Waals surface area (Å²) in [6, 6.07) is 7.49. The number of carbonyl (C=O) groups is 1. The first-order valence-electron chi connectivity index (χ1n) is 11.3. The van der Waals surface area contributed by atoms with Gasteiger partial charge in [-0.15, -0.1) is 5.10 Å². The van der Waals surface area contributed by atoms with E-state index < -0.39 is 5.92 Å². The highest BCUT2D eigenvalue weighted by Gasteiger charge is 2.53. The summed E-state index contributed by atoms with van der Waals surface area (Å²) in [5.41, 5.74) is 3.66. The number of cyclic esters (lactones) is 1. The third kappa shape index (κ3) is 3.12. The van der Waals surface area contributed by atoms with Gasteiger partial charge in [0.05, 0.1) is 51.8 Å². The van der Waals surface area contributed by atoms with Crippen molar-refractivity contribution in [1.82, 2.24) is 15.0 Å². The molecule has 1 fully saturated rings. The highest BCUT2D eigenvalue weighted by Crippen LogP contribution is 2.56. The minimum Gasteiger partial charge on any atom is -0.493 e. The fraction of sp³-hybridized carbons (Fsp3) is 0.400. The average molecular weight is 479 g/mol. The molecule has 182 valence electrons. The summed E-state index contributed by atoms with van der Waals surface area (Å²) >= 11 is 0. The van der Waals surface area contributed by atoms with E-state index in [-0.39, 0.29) is 37.2 Å². The molecule has 0 unspecified atom stereocenters. The van der Waals surface area contributed by atoms with Crippen molar-refractivity contribution >= 4 is 5.97 Å². The lowest BCUT2D eigenvalue weighted by molar-refractivity contribution is -0.141. The van der Waals surface area contributed by atoms with Crippen molar-refractivity contribution in [2.75, 3.05) is 34.7 Å². The Morgan fingerprint density at radius 1 is 0.943 bits per heavy atom. The van der Waals surface area contributed by atoms with Crippen molar-refractivity contribution in [3.8, 4) is 28.7 Å². The van der Waals surface area contributed by atoms with E-state index in [4.69, 9.17) is 28.4 Å². The predicted octanol–water partition coefficient (Wildman–Crippen LogP) is 2.87. The number of benzene rings is 2. The summed E-state index contributed by atoms with van der Waals surface area (Å²) in [4.78, 5) is 13.3. The molecule has 1 aromatic heterocycles. The van der Waals surface area contributed by atoms with Crippen LogP contribution in [0.4, 0.5) is 0 Å². The molecule has 3 heterocycles. The lowest BCUT2D eigenvalue weighted by Crippen LogP contribution is -2.38. The lowest BCUT2D eigenvalue weighted by atomic mass is 9.65. The second-order valence-corrected chi connectivity index (χ2v) is 8.86. The molecule has 0 spiro atoms. The number of hydrogen-bond donors (Lipinski definition) is 0. The molecule has 2 aliphatic heterocycles. The van der Waals surface area contributed by atoms with Gasteiger partial charge in [-0.25, -0.2) is 4.68 Å². The van der Waals surface area contributed by atoms with E-state index in [9.17, 15) is 4.79 Å². The van der Waals surface area contributed by atoms with Gasteiger partial charge in [0.25, 0.3) is 0 Å². The van der Waals surface area contributed by atoms with E-state index in [1.54, 1.807) is 27.5 Å². The molecule has 0 saturated carbocycles. The summed E-state index contributed by atoms with van der Waals surface area (Å²) in [5.74, 6) is 1.61. The first-order chi connectivity index (χ1) is 17.0. The minimum absolute atomic E-state index is 0.148. The molecule has 0 bridgehead atoms. The molecule has 6 rings (SSSR count). The standard InChI is InChI=1S/C25H25N3O7/c1-12-9-26-27-28(12)23-15-8-18-17(34-11-35-18)7-14(15)21(22-16(23)10-33-25(22)29)13-5-19(30-2)24(32-4)20(6-13)31-3/h5-9,16,21-23H,10-11H2,1-4H3/t16-,21+,22-,23-/m0/s1. The van der Waals surface area contributed by atoms with Crippen LogP contribution >= 0.6 is 0 Å². The molecule has 10 nitrogen and oxygen atoms in total. The van der Waals surface area contributed by atoms with Gasteiger partial charge in [-0.3, -0.25) is 4.79 Å². The minimum atomic E-state index is -0.459. The SMILES string of the molecule is COc1cc([C@@H]2c3cc4c(cc3[C@H](n3nncc3C)[C@H]3COC(=O)[C@H]23)OCO4)cc(OC)c1OC. The Hall–Kier alpha value is -3.95. The zero-order valence-electron chi connectivity index (χ0n) is 19.8. The summed E-state index contributed by atoms with van der Waals surface area (Å²) in [6.45, 7) is 2.38. The van der Waals surface area contributed by atoms with Gasteiger partial charge in [0.2, 0.25) is 12.5 Å². The summed E-state index contributed by atoms with van der Waals surface area (Å²) in [6.07, 6.45) is 1.71. The number of nitrogens with zero attached hydrogens (tertiary/aromatic N) is 3. The van der Waals surface area contributed by atoms with Gasteiger partial charge in [0.15, 0.2) is 23.0 Å². The van der Waals surface area contributed by atoms with Crippen LogP contribution in [0.3, 0.4) is 0 Å². The third-order valence-electron chi connectivity index (χ3n) is 7.21. The Kier molecular flexibility index (Phi) is 4.98. The fourth-order valence-corrected chi connectivity index (χ4v) is 5.70. The molecule has 0 amide bonds. The second kappa shape index (κ2) is 8.07. The highest BCUT2D eigenvalue weighted by atomic mass is 16.7. The monoisotopic (exact) mass is 479 g/mol. The van der Waals surface area contributed by atoms with Crippen molar-refractivity contribution in [1.29, 1.82) is 0 Å². The molecule has 1 aliphatic carbocycles. The summed E-state index contributed by atoms with van der Waals surface area (Å²) in [5, 5.41) is 8.47. The number of aromatic nitrogens is 3. The van der Waals surface area contributed by atoms with E-state index in [1.807, 2.05) is 35.9 Å². The van der Waals surface area contributed by atoms with Crippen LogP contribution in [0.15, 0.2) is 30.5 Å². The number of fused-ring (bicyclic) bond motifs is 3. The number of aryl methyl sites for hydroxylation is 1. The van der Waals surface area contributed by atoms with Gasteiger partial charge in [-0.1, -0.05) is 5.21 Å². The normalized spacial score (nSPS) is 23.9. The molecule has 0 N–H and O–H groups in total. The lowest BCUT2D eigenvalue weighted by Gasteiger charge is -2.39. The Bertz CT molecular complexity index is 1300. The first-order valence-corrected chi connectivity index (χ1v) is 11.3. The Balaban J connectivity index is 1.62. The molecule has 3 aliphatic rings. The molecule has 0 radical (unpaired) electrons. The zero-order valence-corrected chi connectivity index (χ0v) is 19.8. The van der Waals surface area contributed by atoms with E-state index in [0.29, 0.717) is 28.7 Å². The number of hydrogen-bond acceptors (Lipinski definition) is 9. The van der Waals surface area contributed by atoms with Gasteiger partial charge in [-0.2, -0.15) is 0 Å². The Morgan fingerprint density at radius 3 is 2.23 bits per heavy atom. The molecule has 3 aromatic rings. The first kappa shape index (κ1) is 21.6. The van der Waals surface area contributed by atoms with Gasteiger partial charge in [-0.05, 0) is 47.9 Å². The average Bonchev–Trinajstić information content (AvgIpc) is 3.60. The van der Waals surface area contributed by atoms with Gasteiger partial charge in [0, 0.05) is 11.8 Å².